The molecule has 0 saturated heterocycles. The van der Waals surface area contributed by atoms with Crippen molar-refractivity contribution in [1.82, 2.24) is 15.6 Å². The molecule has 1 unspecified atom stereocenters. The van der Waals surface area contributed by atoms with E-state index in [-0.39, 0.29) is 24.0 Å². The van der Waals surface area contributed by atoms with E-state index in [0.717, 1.165) is 31.2 Å². The summed E-state index contributed by atoms with van der Waals surface area (Å²) in [5, 5.41) is 12.1. The second-order valence-corrected chi connectivity index (χ2v) is 7.00. The number of thiophene rings is 1. The number of halogens is 1. The molecule has 1 atom stereocenters. The van der Waals surface area contributed by atoms with Gasteiger partial charge in [0.1, 0.15) is 0 Å². The molecule has 2 aromatic heterocycles. The van der Waals surface area contributed by atoms with E-state index < -0.39 is 0 Å². The van der Waals surface area contributed by atoms with Gasteiger partial charge in [0.25, 0.3) is 0 Å². The number of thiazole rings is 1. The molecule has 2 N–H and O–H groups in total. The third-order valence-corrected chi connectivity index (χ3v) is 5.40. The standard InChI is InChI=1S/C16H24N4S2.HI/c1-4-15-20-13(11-22-15)10-19-16(17-5-2)18-9-12(3)14-7-6-8-21-14;/h6-8,11-12H,4-5,9-10H2,1-3H3,(H2,17,18,19);1H. The van der Waals surface area contributed by atoms with E-state index in [9.17, 15) is 0 Å². The molecule has 7 heteroatoms. The first-order chi connectivity index (χ1) is 10.7. The molecule has 0 spiro atoms. The molecular formula is C16H25IN4S2. The van der Waals surface area contributed by atoms with Crippen molar-refractivity contribution in [1.29, 1.82) is 0 Å². The summed E-state index contributed by atoms with van der Waals surface area (Å²) in [4.78, 5) is 10.6. The van der Waals surface area contributed by atoms with E-state index in [4.69, 9.17) is 0 Å². The summed E-state index contributed by atoms with van der Waals surface area (Å²) in [5.74, 6) is 1.34. The first kappa shape index (κ1) is 20.4. The largest absolute Gasteiger partial charge is 0.357 e. The molecular weight excluding hydrogens is 439 g/mol. The van der Waals surface area contributed by atoms with Crippen LogP contribution in [0.5, 0.6) is 0 Å². The van der Waals surface area contributed by atoms with Crippen molar-refractivity contribution in [3.05, 3.63) is 38.5 Å². The van der Waals surface area contributed by atoms with Gasteiger partial charge < -0.3 is 10.6 Å². The van der Waals surface area contributed by atoms with Crippen LogP contribution in [0, 0.1) is 0 Å². The van der Waals surface area contributed by atoms with Gasteiger partial charge in [-0.2, -0.15) is 0 Å². The van der Waals surface area contributed by atoms with Crippen LogP contribution in [0.25, 0.3) is 0 Å². The van der Waals surface area contributed by atoms with E-state index in [2.05, 4.69) is 64.3 Å². The number of nitrogens with zero attached hydrogens (tertiary/aromatic N) is 2. The van der Waals surface area contributed by atoms with Gasteiger partial charge in [0.05, 0.1) is 17.2 Å². The number of aryl methyl sites for hydroxylation is 1. The zero-order chi connectivity index (χ0) is 15.8. The fourth-order valence-corrected chi connectivity index (χ4v) is 3.53. The Morgan fingerprint density at radius 3 is 2.74 bits per heavy atom. The second-order valence-electron chi connectivity index (χ2n) is 5.08. The Balaban J connectivity index is 0.00000264. The van der Waals surface area contributed by atoms with Crippen molar-refractivity contribution >= 4 is 52.6 Å². The highest BCUT2D eigenvalue weighted by Gasteiger charge is 2.07. The molecule has 0 amide bonds. The van der Waals surface area contributed by atoms with Gasteiger partial charge in [0, 0.05) is 29.3 Å². The van der Waals surface area contributed by atoms with Crippen LogP contribution < -0.4 is 10.6 Å². The summed E-state index contributed by atoms with van der Waals surface area (Å²) < 4.78 is 0. The monoisotopic (exact) mass is 464 g/mol. The average molecular weight is 464 g/mol. The Hall–Kier alpha value is -0.670. The molecule has 0 aliphatic rings. The Kier molecular flexibility index (Phi) is 9.73. The maximum atomic E-state index is 4.63. The van der Waals surface area contributed by atoms with Crippen LogP contribution in [0.3, 0.4) is 0 Å². The number of nitrogens with one attached hydrogen (secondary N) is 2. The molecule has 0 aliphatic carbocycles. The van der Waals surface area contributed by atoms with Crippen LogP contribution >= 0.6 is 46.7 Å². The zero-order valence-corrected chi connectivity index (χ0v) is 17.8. The number of hydrogen-bond acceptors (Lipinski definition) is 4. The van der Waals surface area contributed by atoms with Crippen molar-refractivity contribution in [3.8, 4) is 0 Å². The van der Waals surface area contributed by atoms with E-state index >= 15 is 0 Å². The fraction of sp³-hybridized carbons (Fsp3) is 0.500. The minimum absolute atomic E-state index is 0. The normalized spacial score (nSPS) is 12.6. The molecule has 0 fully saturated rings. The summed E-state index contributed by atoms with van der Waals surface area (Å²) >= 11 is 3.51. The molecule has 0 saturated carbocycles. The molecule has 23 heavy (non-hydrogen) atoms. The third kappa shape index (κ3) is 6.76. The Morgan fingerprint density at radius 2 is 2.13 bits per heavy atom. The van der Waals surface area contributed by atoms with Gasteiger partial charge in [-0.05, 0) is 24.8 Å². The number of guanidine groups is 1. The first-order valence-electron chi connectivity index (χ1n) is 7.71. The maximum Gasteiger partial charge on any atom is 0.191 e. The minimum Gasteiger partial charge on any atom is -0.357 e. The lowest BCUT2D eigenvalue weighted by atomic mass is 10.1. The molecule has 2 heterocycles. The topological polar surface area (TPSA) is 49.3 Å². The summed E-state index contributed by atoms with van der Waals surface area (Å²) in [6.45, 7) is 8.80. The van der Waals surface area contributed by atoms with Gasteiger partial charge in [0.2, 0.25) is 0 Å². The SMILES string of the molecule is CCNC(=NCc1csc(CC)n1)NCC(C)c1cccs1.I. The number of hydrogen-bond donors (Lipinski definition) is 2. The zero-order valence-electron chi connectivity index (χ0n) is 13.8. The van der Waals surface area contributed by atoms with E-state index in [0.29, 0.717) is 12.5 Å². The van der Waals surface area contributed by atoms with Crippen LogP contribution in [0.1, 0.15) is 42.3 Å². The maximum absolute atomic E-state index is 4.63. The van der Waals surface area contributed by atoms with E-state index in [1.165, 1.54) is 9.88 Å². The second kappa shape index (κ2) is 11.0. The van der Waals surface area contributed by atoms with Crippen LogP contribution in [0.2, 0.25) is 0 Å². The lowest BCUT2D eigenvalue weighted by Gasteiger charge is -2.14. The van der Waals surface area contributed by atoms with Crippen molar-refractivity contribution in [2.45, 2.75) is 39.7 Å². The van der Waals surface area contributed by atoms with E-state index in [1.807, 2.05) is 0 Å². The van der Waals surface area contributed by atoms with Gasteiger partial charge >= 0.3 is 0 Å². The van der Waals surface area contributed by atoms with Gasteiger partial charge in [-0.25, -0.2) is 9.98 Å². The lowest BCUT2D eigenvalue weighted by molar-refractivity contribution is 0.708. The molecule has 0 aliphatic heterocycles. The molecule has 4 nitrogen and oxygen atoms in total. The Morgan fingerprint density at radius 1 is 1.30 bits per heavy atom. The van der Waals surface area contributed by atoms with Gasteiger partial charge in [-0.1, -0.05) is 19.9 Å². The highest BCUT2D eigenvalue weighted by Crippen LogP contribution is 2.19. The summed E-state index contributed by atoms with van der Waals surface area (Å²) in [7, 11) is 0. The Labute approximate surface area is 163 Å². The molecule has 0 radical (unpaired) electrons. The quantitative estimate of drug-likeness (QED) is 0.366. The summed E-state index contributed by atoms with van der Waals surface area (Å²) in [6.07, 6.45) is 0.991. The average Bonchev–Trinajstić information content (AvgIpc) is 3.20. The highest BCUT2D eigenvalue weighted by molar-refractivity contribution is 14.0. The smallest absolute Gasteiger partial charge is 0.191 e. The molecule has 2 aromatic rings. The summed E-state index contributed by atoms with van der Waals surface area (Å²) in [5.41, 5.74) is 1.05. The number of rotatable bonds is 7. The third-order valence-electron chi connectivity index (χ3n) is 3.25. The van der Waals surface area contributed by atoms with Crippen LogP contribution in [-0.2, 0) is 13.0 Å². The summed E-state index contributed by atoms with van der Waals surface area (Å²) in [6, 6.07) is 4.28. The predicted octanol–water partition coefficient (Wildman–Crippen LogP) is 4.24. The molecule has 0 bridgehead atoms. The van der Waals surface area contributed by atoms with Crippen molar-refractivity contribution in [2.24, 2.45) is 4.99 Å². The van der Waals surface area contributed by atoms with Gasteiger partial charge in [-0.3, -0.25) is 0 Å². The molecule has 128 valence electrons. The number of aromatic nitrogens is 1. The lowest BCUT2D eigenvalue weighted by Crippen LogP contribution is -2.39. The van der Waals surface area contributed by atoms with Crippen LogP contribution in [-0.4, -0.2) is 24.0 Å². The van der Waals surface area contributed by atoms with Crippen molar-refractivity contribution in [2.75, 3.05) is 13.1 Å². The molecule has 0 aromatic carbocycles. The van der Waals surface area contributed by atoms with Crippen LogP contribution in [0.4, 0.5) is 0 Å². The first-order valence-corrected chi connectivity index (χ1v) is 9.47. The highest BCUT2D eigenvalue weighted by atomic mass is 127. The van der Waals surface area contributed by atoms with Gasteiger partial charge in [0.15, 0.2) is 5.96 Å². The molecule has 2 rings (SSSR count). The number of aliphatic imine (C=N–C) groups is 1. The van der Waals surface area contributed by atoms with E-state index in [1.54, 1.807) is 22.7 Å². The van der Waals surface area contributed by atoms with Gasteiger partial charge in [-0.15, -0.1) is 46.7 Å². The minimum atomic E-state index is 0. The Bertz CT molecular complexity index is 581. The fourth-order valence-electron chi connectivity index (χ4n) is 2.01. The predicted molar refractivity (Wildman–Crippen MR) is 112 cm³/mol. The van der Waals surface area contributed by atoms with Crippen molar-refractivity contribution < 1.29 is 0 Å². The van der Waals surface area contributed by atoms with Crippen molar-refractivity contribution in [3.63, 3.8) is 0 Å². The van der Waals surface area contributed by atoms with Crippen LogP contribution in [0.15, 0.2) is 27.9 Å².